The van der Waals surface area contributed by atoms with Crippen molar-refractivity contribution in [1.82, 2.24) is 0 Å². The molecule has 94 valence electrons. The van der Waals surface area contributed by atoms with Gasteiger partial charge in [-0.2, -0.15) is 0 Å². The standard InChI is InChI=1S/C13H24O3/c1-9-8-11(2,3)6-7-13(9,16)12(4,5)10(14)15/h9,16H,6-8H2,1-5H3,(H,14,15). The molecule has 0 aromatic carbocycles. The van der Waals surface area contributed by atoms with Gasteiger partial charge in [0.25, 0.3) is 0 Å². The van der Waals surface area contributed by atoms with Crippen molar-refractivity contribution in [2.45, 2.75) is 59.5 Å². The monoisotopic (exact) mass is 228 g/mol. The van der Waals surface area contributed by atoms with Gasteiger partial charge < -0.3 is 10.2 Å². The van der Waals surface area contributed by atoms with Crippen LogP contribution in [0.15, 0.2) is 0 Å². The Labute approximate surface area is 97.9 Å². The fourth-order valence-electron chi connectivity index (χ4n) is 2.99. The fraction of sp³-hybridized carbons (Fsp3) is 0.923. The first-order valence-electron chi connectivity index (χ1n) is 5.99. The molecule has 3 heteroatoms. The van der Waals surface area contributed by atoms with Gasteiger partial charge in [-0.1, -0.05) is 20.8 Å². The number of carbonyl (C=O) groups is 1. The molecule has 0 aromatic rings. The second-order valence-electron chi connectivity index (χ2n) is 6.62. The summed E-state index contributed by atoms with van der Waals surface area (Å²) < 4.78 is 0. The van der Waals surface area contributed by atoms with Crippen LogP contribution in [0.3, 0.4) is 0 Å². The van der Waals surface area contributed by atoms with Crippen LogP contribution in [0.4, 0.5) is 0 Å². The third kappa shape index (κ3) is 1.97. The number of aliphatic hydroxyl groups is 1. The van der Waals surface area contributed by atoms with Gasteiger partial charge in [0.15, 0.2) is 0 Å². The summed E-state index contributed by atoms with van der Waals surface area (Å²) in [7, 11) is 0. The largest absolute Gasteiger partial charge is 0.481 e. The lowest BCUT2D eigenvalue weighted by molar-refractivity contribution is -0.184. The van der Waals surface area contributed by atoms with Crippen molar-refractivity contribution in [2.75, 3.05) is 0 Å². The van der Waals surface area contributed by atoms with Crippen molar-refractivity contribution in [3.8, 4) is 0 Å². The highest BCUT2D eigenvalue weighted by molar-refractivity contribution is 5.75. The minimum absolute atomic E-state index is 0.0161. The van der Waals surface area contributed by atoms with Crippen molar-refractivity contribution >= 4 is 5.97 Å². The number of carboxylic acids is 1. The molecule has 2 N–H and O–H groups in total. The molecule has 0 aliphatic heterocycles. The molecule has 0 heterocycles. The van der Waals surface area contributed by atoms with Crippen LogP contribution in [0.5, 0.6) is 0 Å². The lowest BCUT2D eigenvalue weighted by atomic mass is 9.57. The molecule has 2 atom stereocenters. The lowest BCUT2D eigenvalue weighted by Crippen LogP contribution is -2.57. The summed E-state index contributed by atoms with van der Waals surface area (Å²) in [6, 6.07) is 0. The summed E-state index contributed by atoms with van der Waals surface area (Å²) in [5.74, 6) is -0.899. The molecular weight excluding hydrogens is 204 g/mol. The Morgan fingerprint density at radius 1 is 1.31 bits per heavy atom. The fourth-order valence-corrected chi connectivity index (χ4v) is 2.99. The Kier molecular flexibility index (Phi) is 3.14. The zero-order valence-electron chi connectivity index (χ0n) is 11.0. The van der Waals surface area contributed by atoms with Gasteiger partial charge >= 0.3 is 5.97 Å². The molecule has 0 aromatic heterocycles. The topological polar surface area (TPSA) is 57.5 Å². The van der Waals surface area contributed by atoms with E-state index in [0.717, 1.165) is 12.8 Å². The van der Waals surface area contributed by atoms with Crippen LogP contribution in [0.1, 0.15) is 53.9 Å². The number of hydrogen-bond donors (Lipinski definition) is 2. The molecule has 16 heavy (non-hydrogen) atoms. The van der Waals surface area contributed by atoms with Crippen LogP contribution >= 0.6 is 0 Å². The predicted octanol–water partition coefficient (Wildman–Crippen LogP) is 2.67. The molecule has 0 bridgehead atoms. The molecule has 0 saturated heterocycles. The summed E-state index contributed by atoms with van der Waals surface area (Å²) in [5.41, 5.74) is -1.96. The summed E-state index contributed by atoms with van der Waals surface area (Å²) in [4.78, 5) is 11.3. The Bertz CT molecular complexity index is 294. The second kappa shape index (κ2) is 3.73. The van der Waals surface area contributed by atoms with E-state index in [9.17, 15) is 15.0 Å². The van der Waals surface area contributed by atoms with Gasteiger partial charge in [-0.15, -0.1) is 0 Å². The zero-order valence-corrected chi connectivity index (χ0v) is 11.0. The number of carboxylic acid groups (broad SMARTS) is 1. The second-order valence-corrected chi connectivity index (χ2v) is 6.62. The van der Waals surface area contributed by atoms with E-state index in [1.807, 2.05) is 6.92 Å². The van der Waals surface area contributed by atoms with Gasteiger partial charge in [-0.3, -0.25) is 4.79 Å². The summed E-state index contributed by atoms with van der Waals surface area (Å²) in [6.07, 6.45) is 2.32. The molecule has 1 aliphatic rings. The van der Waals surface area contributed by atoms with Crippen LogP contribution in [0.25, 0.3) is 0 Å². The molecule has 0 radical (unpaired) electrons. The normalized spacial score (nSPS) is 34.8. The molecule has 1 aliphatic carbocycles. The Balaban J connectivity index is 3.00. The molecule has 0 amide bonds. The molecule has 1 rings (SSSR count). The van der Waals surface area contributed by atoms with Gasteiger partial charge in [0.05, 0.1) is 11.0 Å². The number of aliphatic carboxylic acids is 1. The number of hydrogen-bond acceptors (Lipinski definition) is 2. The minimum atomic E-state index is -1.09. The summed E-state index contributed by atoms with van der Waals surface area (Å²) >= 11 is 0. The van der Waals surface area contributed by atoms with E-state index in [1.54, 1.807) is 13.8 Å². The maximum absolute atomic E-state index is 11.3. The van der Waals surface area contributed by atoms with Crippen LogP contribution < -0.4 is 0 Å². The molecule has 1 fully saturated rings. The summed E-state index contributed by atoms with van der Waals surface area (Å²) in [5, 5.41) is 19.9. The van der Waals surface area contributed by atoms with Gasteiger partial charge in [-0.05, 0) is 44.4 Å². The Hall–Kier alpha value is -0.570. The van der Waals surface area contributed by atoms with Crippen molar-refractivity contribution in [1.29, 1.82) is 0 Å². The summed E-state index contributed by atoms with van der Waals surface area (Å²) in [6.45, 7) is 9.58. The third-order valence-corrected chi connectivity index (χ3v) is 4.47. The highest BCUT2D eigenvalue weighted by Gasteiger charge is 2.55. The van der Waals surface area contributed by atoms with Gasteiger partial charge in [0.1, 0.15) is 0 Å². The van der Waals surface area contributed by atoms with Crippen LogP contribution in [-0.2, 0) is 4.79 Å². The zero-order chi connectivity index (χ0) is 12.8. The van der Waals surface area contributed by atoms with E-state index in [0.29, 0.717) is 6.42 Å². The van der Waals surface area contributed by atoms with E-state index in [2.05, 4.69) is 13.8 Å². The molecule has 0 spiro atoms. The van der Waals surface area contributed by atoms with E-state index < -0.39 is 17.0 Å². The SMILES string of the molecule is CC1CC(C)(C)CCC1(O)C(C)(C)C(=O)O. The minimum Gasteiger partial charge on any atom is -0.481 e. The average molecular weight is 228 g/mol. The van der Waals surface area contributed by atoms with Gasteiger partial charge in [0, 0.05) is 0 Å². The molecular formula is C13H24O3. The van der Waals surface area contributed by atoms with E-state index in [-0.39, 0.29) is 11.3 Å². The maximum Gasteiger partial charge on any atom is 0.312 e. The predicted molar refractivity (Wildman–Crippen MR) is 63.2 cm³/mol. The van der Waals surface area contributed by atoms with Crippen molar-refractivity contribution < 1.29 is 15.0 Å². The molecule has 1 saturated carbocycles. The van der Waals surface area contributed by atoms with Gasteiger partial charge in [-0.25, -0.2) is 0 Å². The van der Waals surface area contributed by atoms with E-state index in [4.69, 9.17) is 0 Å². The first-order valence-corrected chi connectivity index (χ1v) is 5.99. The van der Waals surface area contributed by atoms with E-state index >= 15 is 0 Å². The lowest BCUT2D eigenvalue weighted by Gasteiger charge is -2.51. The Morgan fingerprint density at radius 3 is 2.19 bits per heavy atom. The highest BCUT2D eigenvalue weighted by Crippen LogP contribution is 2.51. The maximum atomic E-state index is 11.3. The Morgan fingerprint density at radius 2 is 1.81 bits per heavy atom. The quantitative estimate of drug-likeness (QED) is 0.764. The van der Waals surface area contributed by atoms with Crippen LogP contribution in [-0.4, -0.2) is 21.8 Å². The first kappa shape index (κ1) is 13.5. The van der Waals surface area contributed by atoms with Crippen LogP contribution in [0, 0.1) is 16.7 Å². The van der Waals surface area contributed by atoms with Crippen molar-refractivity contribution in [3.05, 3.63) is 0 Å². The molecule has 2 unspecified atom stereocenters. The highest BCUT2D eigenvalue weighted by atomic mass is 16.4. The molecule has 3 nitrogen and oxygen atoms in total. The van der Waals surface area contributed by atoms with Crippen molar-refractivity contribution in [2.24, 2.45) is 16.7 Å². The van der Waals surface area contributed by atoms with Crippen LogP contribution in [0.2, 0.25) is 0 Å². The van der Waals surface area contributed by atoms with Gasteiger partial charge in [0.2, 0.25) is 0 Å². The first-order chi connectivity index (χ1) is 7.03. The van der Waals surface area contributed by atoms with E-state index in [1.165, 1.54) is 0 Å². The third-order valence-electron chi connectivity index (χ3n) is 4.47. The van der Waals surface area contributed by atoms with Crippen molar-refractivity contribution in [3.63, 3.8) is 0 Å². The average Bonchev–Trinajstić information content (AvgIpc) is 2.11. The number of rotatable bonds is 2. The smallest absolute Gasteiger partial charge is 0.312 e.